The highest BCUT2D eigenvalue weighted by Gasteiger charge is 2.42. The van der Waals surface area contributed by atoms with Crippen molar-refractivity contribution in [2.75, 3.05) is 5.32 Å². The number of aromatic nitrogens is 2. The lowest BCUT2D eigenvalue weighted by Gasteiger charge is -2.38. The highest BCUT2D eigenvalue weighted by Crippen LogP contribution is 2.53. The number of carbonyl (C=O) groups is 1. The summed E-state index contributed by atoms with van der Waals surface area (Å²) in [7, 11) is 0. The number of carbonyl (C=O) groups excluding carboxylic acids is 1. The molecule has 3 aromatic rings. The molecule has 0 saturated carbocycles. The van der Waals surface area contributed by atoms with Crippen LogP contribution >= 0.6 is 23.6 Å². The molecule has 0 spiro atoms. The molecule has 148 valence electrons. The van der Waals surface area contributed by atoms with Crippen LogP contribution in [0.1, 0.15) is 49.6 Å². The van der Waals surface area contributed by atoms with Crippen LogP contribution in [-0.2, 0) is 4.79 Å². The van der Waals surface area contributed by atoms with Crippen LogP contribution in [0.25, 0.3) is 10.2 Å². The Kier molecular flexibility index (Phi) is 4.05. The van der Waals surface area contributed by atoms with Crippen molar-refractivity contribution in [1.82, 2.24) is 9.97 Å². The van der Waals surface area contributed by atoms with Crippen molar-refractivity contribution in [2.45, 2.75) is 39.5 Å². The number of hydrogen-bond donors (Lipinski definition) is 2. The van der Waals surface area contributed by atoms with Crippen LogP contribution in [0.3, 0.4) is 0 Å². The van der Waals surface area contributed by atoms with Crippen molar-refractivity contribution in [3.63, 3.8) is 0 Å². The summed E-state index contributed by atoms with van der Waals surface area (Å²) < 4.78 is 15.1. The van der Waals surface area contributed by atoms with E-state index in [4.69, 9.17) is 12.2 Å². The van der Waals surface area contributed by atoms with E-state index in [1.165, 1.54) is 12.1 Å². The van der Waals surface area contributed by atoms with E-state index in [1.54, 1.807) is 23.5 Å². The molecule has 0 saturated heterocycles. The van der Waals surface area contributed by atoms with Crippen LogP contribution in [0.15, 0.2) is 35.5 Å². The van der Waals surface area contributed by atoms with Crippen molar-refractivity contribution in [2.24, 2.45) is 5.41 Å². The lowest BCUT2D eigenvalue weighted by Crippen LogP contribution is -2.33. The van der Waals surface area contributed by atoms with Gasteiger partial charge in [0.1, 0.15) is 16.3 Å². The summed E-state index contributed by atoms with van der Waals surface area (Å²) in [5.41, 5.74) is 4.47. The fraction of sp³-hybridized carbons (Fsp3) is 0.318. The second kappa shape index (κ2) is 6.31. The van der Waals surface area contributed by atoms with Gasteiger partial charge in [-0.05, 0) is 36.5 Å². The average Bonchev–Trinajstić information content (AvgIpc) is 2.98. The van der Waals surface area contributed by atoms with E-state index in [2.05, 4.69) is 29.1 Å². The van der Waals surface area contributed by atoms with E-state index in [9.17, 15) is 9.18 Å². The summed E-state index contributed by atoms with van der Waals surface area (Å²) in [5.74, 6) is 0.332. The summed E-state index contributed by atoms with van der Waals surface area (Å²) >= 11 is 7.08. The molecule has 1 aromatic carbocycles. The third-order valence-electron chi connectivity index (χ3n) is 5.68. The van der Waals surface area contributed by atoms with Gasteiger partial charge in [0.25, 0.3) is 0 Å². The lowest BCUT2D eigenvalue weighted by atomic mass is 9.69. The molecule has 0 radical (unpaired) electrons. The van der Waals surface area contributed by atoms with Crippen molar-refractivity contribution in [3.8, 4) is 0 Å². The van der Waals surface area contributed by atoms with E-state index >= 15 is 0 Å². The number of allylic oxidation sites excluding steroid dienone is 2. The van der Waals surface area contributed by atoms with Crippen LogP contribution in [0, 0.1) is 22.8 Å². The number of hydrogen-bond acceptors (Lipinski definition) is 5. The Morgan fingerprint density at radius 3 is 2.69 bits per heavy atom. The van der Waals surface area contributed by atoms with Crippen LogP contribution in [0.4, 0.5) is 9.39 Å². The minimum atomic E-state index is -0.289. The van der Waals surface area contributed by atoms with E-state index in [0.717, 1.165) is 49.9 Å². The van der Waals surface area contributed by atoms with Gasteiger partial charge in [0.05, 0.1) is 15.2 Å². The lowest BCUT2D eigenvalue weighted by molar-refractivity contribution is -0.118. The third kappa shape index (κ3) is 2.95. The number of H-pyrrole nitrogens is 1. The summed E-state index contributed by atoms with van der Waals surface area (Å²) in [4.78, 5) is 21.0. The van der Waals surface area contributed by atoms with Gasteiger partial charge in [-0.15, -0.1) is 11.3 Å². The third-order valence-corrected chi connectivity index (χ3v) is 7.23. The van der Waals surface area contributed by atoms with Gasteiger partial charge in [-0.1, -0.05) is 38.2 Å². The minimum absolute atomic E-state index is 0.0993. The molecule has 2 aliphatic rings. The van der Waals surface area contributed by atoms with Gasteiger partial charge in [0, 0.05) is 29.2 Å². The molecular weight excluding hydrogens is 405 g/mol. The van der Waals surface area contributed by atoms with Gasteiger partial charge >= 0.3 is 0 Å². The molecule has 1 atom stereocenters. The highest BCUT2D eigenvalue weighted by molar-refractivity contribution is 7.71. The van der Waals surface area contributed by atoms with Gasteiger partial charge in [-0.25, -0.2) is 9.37 Å². The molecule has 1 unspecified atom stereocenters. The van der Waals surface area contributed by atoms with Crippen molar-refractivity contribution < 1.29 is 9.18 Å². The van der Waals surface area contributed by atoms with Gasteiger partial charge < -0.3 is 10.3 Å². The highest BCUT2D eigenvalue weighted by atomic mass is 32.1. The monoisotopic (exact) mass is 425 g/mol. The van der Waals surface area contributed by atoms with Crippen molar-refractivity contribution in [3.05, 3.63) is 62.9 Å². The normalized spacial score (nSPS) is 20.4. The number of rotatable bonds is 1. The van der Waals surface area contributed by atoms with Gasteiger partial charge in [-0.2, -0.15) is 0 Å². The average molecular weight is 426 g/mol. The molecule has 7 heteroatoms. The number of benzene rings is 1. The molecule has 1 aliphatic heterocycles. The number of nitrogens with zero attached hydrogens (tertiary/aromatic N) is 1. The number of halogens is 1. The first-order valence-corrected chi connectivity index (χ1v) is 10.8. The maximum atomic E-state index is 13.6. The molecule has 3 heterocycles. The molecule has 4 nitrogen and oxygen atoms in total. The molecule has 5 rings (SSSR count). The quantitative estimate of drug-likeness (QED) is 0.469. The molecule has 29 heavy (non-hydrogen) atoms. The number of aromatic amines is 1. The number of fused-ring (bicyclic) bond motifs is 3. The number of ketones is 1. The summed E-state index contributed by atoms with van der Waals surface area (Å²) in [6, 6.07) is 6.47. The molecule has 0 bridgehead atoms. The first kappa shape index (κ1) is 18.6. The topological polar surface area (TPSA) is 57.8 Å². The zero-order valence-corrected chi connectivity index (χ0v) is 18.0. The number of thiophene rings is 1. The van der Waals surface area contributed by atoms with Crippen molar-refractivity contribution >= 4 is 44.6 Å². The Labute approximate surface area is 176 Å². The van der Waals surface area contributed by atoms with Gasteiger partial charge in [0.15, 0.2) is 5.78 Å². The Morgan fingerprint density at radius 1 is 1.24 bits per heavy atom. The predicted molar refractivity (Wildman–Crippen MR) is 116 cm³/mol. The predicted octanol–water partition coefficient (Wildman–Crippen LogP) is 6.00. The van der Waals surface area contributed by atoms with Crippen LogP contribution < -0.4 is 5.32 Å². The number of nitrogens with one attached hydrogen (secondary N) is 2. The molecular formula is C22H20FN3OS2. The molecule has 0 amide bonds. The first-order chi connectivity index (χ1) is 13.7. The van der Waals surface area contributed by atoms with E-state index in [0.29, 0.717) is 11.1 Å². The minimum Gasteiger partial charge on any atom is -0.350 e. The van der Waals surface area contributed by atoms with Crippen LogP contribution in [-0.4, -0.2) is 15.8 Å². The Balaban J connectivity index is 1.83. The standard InChI is InChI=1S/C22H20FN3OS2/c1-10-24-18-17-15(11-4-6-12(23)7-5-11)16-13(8-22(2,3)9-14(16)27)26-21(17)29-19(18)20(28)25-10/h4-7,15,26H,8-9H2,1-3H3,(H,24,25,28). The molecule has 2 N–H and O–H groups in total. The molecule has 0 fully saturated rings. The number of aryl methyl sites for hydroxylation is 1. The second-order valence-corrected chi connectivity index (χ2v) is 10.0. The number of Topliss-reactive ketones (excluding diaryl/α,β-unsaturated/α-hetero) is 1. The fourth-order valence-electron chi connectivity index (χ4n) is 4.55. The van der Waals surface area contributed by atoms with Gasteiger partial charge in [0.2, 0.25) is 0 Å². The largest absolute Gasteiger partial charge is 0.350 e. The summed E-state index contributed by atoms with van der Waals surface area (Å²) in [6.07, 6.45) is 1.29. The summed E-state index contributed by atoms with van der Waals surface area (Å²) in [5, 5.41) is 4.52. The maximum absolute atomic E-state index is 13.6. The SMILES string of the molecule is Cc1nc(=S)c2sc3c(c2[nH]1)C(c1ccc(F)cc1)C1=C(CC(C)(C)CC1=O)N3. The van der Waals surface area contributed by atoms with Crippen molar-refractivity contribution in [1.29, 1.82) is 0 Å². The first-order valence-electron chi connectivity index (χ1n) is 9.55. The van der Waals surface area contributed by atoms with Gasteiger partial charge in [-0.3, -0.25) is 4.79 Å². The Hall–Kier alpha value is -2.38. The number of anilines is 1. The molecule has 1 aliphatic carbocycles. The van der Waals surface area contributed by atoms with Crippen LogP contribution in [0.5, 0.6) is 0 Å². The fourth-order valence-corrected chi connectivity index (χ4v) is 6.02. The smallest absolute Gasteiger partial charge is 0.162 e. The second-order valence-electron chi connectivity index (χ2n) is 8.62. The zero-order chi connectivity index (χ0) is 20.5. The van der Waals surface area contributed by atoms with E-state index < -0.39 is 0 Å². The van der Waals surface area contributed by atoms with E-state index in [1.807, 2.05) is 6.92 Å². The Bertz CT molecular complexity index is 1270. The Morgan fingerprint density at radius 2 is 1.97 bits per heavy atom. The summed E-state index contributed by atoms with van der Waals surface area (Å²) in [6.45, 7) is 6.11. The molecule has 2 aromatic heterocycles. The zero-order valence-electron chi connectivity index (χ0n) is 16.4. The van der Waals surface area contributed by atoms with Crippen LogP contribution in [0.2, 0.25) is 0 Å². The van der Waals surface area contributed by atoms with E-state index in [-0.39, 0.29) is 22.9 Å². The maximum Gasteiger partial charge on any atom is 0.162 e.